The predicted octanol–water partition coefficient (Wildman–Crippen LogP) is 4.68. The summed E-state index contributed by atoms with van der Waals surface area (Å²) in [6.45, 7) is 3.48. The molecule has 25 heavy (non-hydrogen) atoms. The minimum Gasteiger partial charge on any atom is -0.484 e. The number of carbonyl (C=O) groups excluding carboxylic acids is 1. The van der Waals surface area contributed by atoms with Gasteiger partial charge in [-0.3, -0.25) is 4.79 Å². The molecule has 1 atom stereocenters. The Balaban J connectivity index is 1.73. The SMILES string of the molecule is CC(=O)N1N=C(COc2ccc(Cl)cc2C)OC1c1ccc(Br)cc1. The van der Waals surface area contributed by atoms with E-state index in [0.29, 0.717) is 16.7 Å². The van der Waals surface area contributed by atoms with Crippen molar-refractivity contribution in [2.45, 2.75) is 20.1 Å². The van der Waals surface area contributed by atoms with Crippen molar-refractivity contribution in [2.24, 2.45) is 5.10 Å². The smallest absolute Gasteiger partial charge is 0.247 e. The summed E-state index contributed by atoms with van der Waals surface area (Å²) in [6.07, 6.45) is -0.587. The van der Waals surface area contributed by atoms with E-state index >= 15 is 0 Å². The molecule has 0 spiro atoms. The molecule has 130 valence electrons. The summed E-state index contributed by atoms with van der Waals surface area (Å²) in [6, 6.07) is 12.9. The molecule has 0 aromatic heterocycles. The second kappa shape index (κ2) is 7.45. The first-order chi connectivity index (χ1) is 11.9. The Morgan fingerprint density at radius 2 is 2.04 bits per heavy atom. The van der Waals surface area contributed by atoms with Gasteiger partial charge >= 0.3 is 0 Å². The van der Waals surface area contributed by atoms with Gasteiger partial charge < -0.3 is 9.47 Å². The minimum atomic E-state index is -0.587. The first-order valence-electron chi connectivity index (χ1n) is 7.62. The number of amides is 1. The first-order valence-corrected chi connectivity index (χ1v) is 8.79. The van der Waals surface area contributed by atoms with E-state index in [4.69, 9.17) is 21.1 Å². The number of nitrogens with zero attached hydrogens (tertiary/aromatic N) is 2. The van der Waals surface area contributed by atoms with Gasteiger partial charge in [0.05, 0.1) is 0 Å². The number of benzene rings is 2. The van der Waals surface area contributed by atoms with Gasteiger partial charge in [-0.05, 0) is 42.8 Å². The van der Waals surface area contributed by atoms with Crippen molar-refractivity contribution < 1.29 is 14.3 Å². The maximum Gasteiger partial charge on any atom is 0.247 e. The van der Waals surface area contributed by atoms with Crippen molar-refractivity contribution in [1.82, 2.24) is 5.01 Å². The minimum absolute atomic E-state index is 0.124. The van der Waals surface area contributed by atoms with Crippen LogP contribution in [0.15, 0.2) is 52.0 Å². The van der Waals surface area contributed by atoms with E-state index in [1.54, 1.807) is 12.1 Å². The Kier molecular flexibility index (Phi) is 5.30. The second-order valence-electron chi connectivity index (χ2n) is 5.58. The maximum atomic E-state index is 11.9. The fourth-order valence-corrected chi connectivity index (χ4v) is 2.92. The van der Waals surface area contributed by atoms with Crippen molar-refractivity contribution in [3.05, 3.63) is 63.1 Å². The fourth-order valence-electron chi connectivity index (χ4n) is 2.42. The molecule has 2 aromatic rings. The van der Waals surface area contributed by atoms with Gasteiger partial charge in [0.25, 0.3) is 0 Å². The van der Waals surface area contributed by atoms with Gasteiger partial charge in [-0.1, -0.05) is 39.7 Å². The zero-order valence-corrected chi connectivity index (χ0v) is 16.0. The van der Waals surface area contributed by atoms with E-state index in [0.717, 1.165) is 15.6 Å². The van der Waals surface area contributed by atoms with Crippen molar-refractivity contribution in [3.63, 3.8) is 0 Å². The van der Waals surface area contributed by atoms with E-state index in [-0.39, 0.29) is 12.5 Å². The highest BCUT2D eigenvalue weighted by Gasteiger charge is 2.32. The maximum absolute atomic E-state index is 11.9. The van der Waals surface area contributed by atoms with Crippen LogP contribution in [0.5, 0.6) is 5.75 Å². The summed E-state index contributed by atoms with van der Waals surface area (Å²) in [5.41, 5.74) is 1.75. The molecule has 7 heteroatoms. The van der Waals surface area contributed by atoms with Gasteiger partial charge in [-0.15, -0.1) is 5.10 Å². The molecule has 1 aliphatic heterocycles. The van der Waals surface area contributed by atoms with Gasteiger partial charge in [0.15, 0.2) is 6.61 Å². The average molecular weight is 424 g/mol. The molecule has 0 bridgehead atoms. The standard InChI is InChI=1S/C18H16BrClN2O3/c1-11-9-15(20)7-8-16(11)24-10-17-21-22(12(2)23)18(25-17)13-3-5-14(19)6-4-13/h3-9,18H,10H2,1-2H3. The molecule has 0 radical (unpaired) electrons. The summed E-state index contributed by atoms with van der Waals surface area (Å²) >= 11 is 9.34. The van der Waals surface area contributed by atoms with Crippen molar-refractivity contribution >= 4 is 39.3 Å². The van der Waals surface area contributed by atoms with E-state index in [9.17, 15) is 4.79 Å². The lowest BCUT2D eigenvalue weighted by molar-refractivity contribution is -0.135. The fraction of sp³-hybridized carbons (Fsp3) is 0.222. The molecule has 0 fully saturated rings. The Hall–Kier alpha value is -2.05. The first kappa shape index (κ1) is 17.8. The molecule has 1 aliphatic rings. The van der Waals surface area contributed by atoms with E-state index in [1.807, 2.05) is 37.3 Å². The lowest BCUT2D eigenvalue weighted by Crippen LogP contribution is -2.25. The lowest BCUT2D eigenvalue weighted by Gasteiger charge is -2.19. The van der Waals surface area contributed by atoms with Gasteiger partial charge in [0.1, 0.15) is 5.75 Å². The number of aryl methyl sites for hydroxylation is 1. The predicted molar refractivity (Wildman–Crippen MR) is 99.6 cm³/mol. The summed E-state index contributed by atoms with van der Waals surface area (Å²) in [5.74, 6) is 0.834. The molecule has 0 saturated carbocycles. The van der Waals surface area contributed by atoms with Crippen LogP contribution in [0.2, 0.25) is 5.02 Å². The van der Waals surface area contributed by atoms with Crippen LogP contribution in [0.4, 0.5) is 0 Å². The van der Waals surface area contributed by atoms with Crippen LogP contribution in [0, 0.1) is 6.92 Å². The molecule has 0 N–H and O–H groups in total. The molecule has 1 amide bonds. The van der Waals surface area contributed by atoms with Gasteiger partial charge in [0.2, 0.25) is 18.0 Å². The third kappa shape index (κ3) is 4.14. The Morgan fingerprint density at radius 3 is 2.68 bits per heavy atom. The Bertz CT molecular complexity index is 824. The van der Waals surface area contributed by atoms with Gasteiger partial charge in [-0.25, -0.2) is 0 Å². The highest BCUT2D eigenvalue weighted by molar-refractivity contribution is 9.10. The number of rotatable bonds is 4. The van der Waals surface area contributed by atoms with Gasteiger partial charge in [-0.2, -0.15) is 5.01 Å². The lowest BCUT2D eigenvalue weighted by atomic mass is 10.2. The Labute approximate surface area is 159 Å². The molecule has 2 aromatic carbocycles. The third-order valence-corrected chi connectivity index (χ3v) is 4.42. The van der Waals surface area contributed by atoms with Crippen LogP contribution < -0.4 is 4.74 Å². The highest BCUT2D eigenvalue weighted by atomic mass is 79.9. The molecule has 3 rings (SSSR count). The summed E-state index contributed by atoms with van der Waals surface area (Å²) in [4.78, 5) is 11.9. The highest BCUT2D eigenvalue weighted by Crippen LogP contribution is 2.30. The molecular formula is C18H16BrClN2O3. The number of halogens is 2. The van der Waals surface area contributed by atoms with Crippen LogP contribution in [0.1, 0.15) is 24.3 Å². The van der Waals surface area contributed by atoms with Crippen molar-refractivity contribution in [2.75, 3.05) is 6.61 Å². The van der Waals surface area contributed by atoms with Crippen molar-refractivity contribution in [3.8, 4) is 5.75 Å². The number of carbonyl (C=O) groups is 1. The van der Waals surface area contributed by atoms with Crippen LogP contribution in [0.25, 0.3) is 0 Å². The number of hydrogen-bond donors (Lipinski definition) is 0. The zero-order valence-electron chi connectivity index (χ0n) is 13.7. The molecule has 5 nitrogen and oxygen atoms in total. The third-order valence-electron chi connectivity index (χ3n) is 3.65. The topological polar surface area (TPSA) is 51.1 Å². The summed E-state index contributed by atoms with van der Waals surface area (Å²) < 4.78 is 12.5. The molecule has 1 unspecified atom stereocenters. The van der Waals surface area contributed by atoms with E-state index in [2.05, 4.69) is 21.0 Å². The van der Waals surface area contributed by atoms with Crippen LogP contribution in [-0.4, -0.2) is 23.4 Å². The molecule has 0 aliphatic carbocycles. The summed E-state index contributed by atoms with van der Waals surface area (Å²) in [5, 5.41) is 6.21. The number of hydrazone groups is 1. The second-order valence-corrected chi connectivity index (χ2v) is 6.93. The van der Waals surface area contributed by atoms with Crippen LogP contribution in [0.3, 0.4) is 0 Å². The average Bonchev–Trinajstić information content (AvgIpc) is 2.99. The monoisotopic (exact) mass is 422 g/mol. The number of hydrogen-bond acceptors (Lipinski definition) is 4. The van der Waals surface area contributed by atoms with Crippen molar-refractivity contribution in [1.29, 1.82) is 0 Å². The van der Waals surface area contributed by atoms with Gasteiger partial charge in [0, 0.05) is 22.0 Å². The summed E-state index contributed by atoms with van der Waals surface area (Å²) in [7, 11) is 0. The van der Waals surface area contributed by atoms with E-state index in [1.165, 1.54) is 11.9 Å². The molecule has 1 heterocycles. The Morgan fingerprint density at radius 1 is 1.32 bits per heavy atom. The van der Waals surface area contributed by atoms with Crippen LogP contribution in [-0.2, 0) is 9.53 Å². The number of ether oxygens (including phenoxy) is 2. The normalized spacial score (nSPS) is 16.4. The molecular weight excluding hydrogens is 408 g/mol. The zero-order chi connectivity index (χ0) is 18.0. The largest absolute Gasteiger partial charge is 0.484 e. The van der Waals surface area contributed by atoms with Crippen LogP contribution >= 0.6 is 27.5 Å². The quantitative estimate of drug-likeness (QED) is 0.717. The molecule has 0 saturated heterocycles. The van der Waals surface area contributed by atoms with E-state index < -0.39 is 6.23 Å².